The largest absolute Gasteiger partial charge is 0.494 e. The van der Waals surface area contributed by atoms with E-state index in [-0.39, 0.29) is 0 Å². The number of nitrogens with zero attached hydrogens (tertiary/aromatic N) is 2. The summed E-state index contributed by atoms with van der Waals surface area (Å²) in [6, 6.07) is 8.61. The van der Waals surface area contributed by atoms with Gasteiger partial charge in [-0.3, -0.25) is 4.98 Å². The molecule has 1 N–H and O–H groups in total. The van der Waals surface area contributed by atoms with E-state index in [2.05, 4.69) is 50.2 Å². The standard InChI is InChI=1S/C19H22N2O/c1-4-17(5-2)21-12-16-10-15(14-7-6-8-20-11-14)9-13(3)18(16)19(21)22/h6-12,17,22H,4-5H2,1-3H3. The molecule has 0 amide bonds. The molecule has 114 valence electrons. The lowest BCUT2D eigenvalue weighted by Gasteiger charge is -2.15. The maximum absolute atomic E-state index is 10.6. The van der Waals surface area contributed by atoms with Crippen molar-refractivity contribution in [3.63, 3.8) is 0 Å². The number of hydrogen-bond acceptors (Lipinski definition) is 2. The minimum Gasteiger partial charge on any atom is -0.494 e. The van der Waals surface area contributed by atoms with E-state index in [0.29, 0.717) is 11.9 Å². The summed E-state index contributed by atoms with van der Waals surface area (Å²) in [5.41, 5.74) is 3.33. The highest BCUT2D eigenvalue weighted by molar-refractivity contribution is 5.94. The fourth-order valence-electron chi connectivity index (χ4n) is 3.22. The second-order valence-corrected chi connectivity index (χ2v) is 5.83. The van der Waals surface area contributed by atoms with Gasteiger partial charge in [0.25, 0.3) is 0 Å². The minimum atomic E-state index is 0.341. The van der Waals surface area contributed by atoms with Crippen molar-refractivity contribution in [2.45, 2.75) is 39.7 Å². The number of pyridine rings is 1. The minimum absolute atomic E-state index is 0.341. The summed E-state index contributed by atoms with van der Waals surface area (Å²) in [4.78, 5) is 4.19. The lowest BCUT2D eigenvalue weighted by Crippen LogP contribution is -2.04. The zero-order chi connectivity index (χ0) is 15.7. The zero-order valence-electron chi connectivity index (χ0n) is 13.4. The van der Waals surface area contributed by atoms with Gasteiger partial charge >= 0.3 is 0 Å². The molecule has 0 unspecified atom stereocenters. The summed E-state index contributed by atoms with van der Waals surface area (Å²) < 4.78 is 2.02. The molecule has 0 saturated carbocycles. The Bertz CT molecular complexity index is 786. The van der Waals surface area contributed by atoms with Gasteiger partial charge in [0.15, 0.2) is 5.88 Å². The highest BCUT2D eigenvalue weighted by Crippen LogP contribution is 2.37. The molecule has 22 heavy (non-hydrogen) atoms. The van der Waals surface area contributed by atoms with Gasteiger partial charge in [-0.25, -0.2) is 0 Å². The van der Waals surface area contributed by atoms with Crippen LogP contribution in [0.4, 0.5) is 0 Å². The number of aromatic nitrogens is 2. The van der Waals surface area contributed by atoms with Gasteiger partial charge in [0.05, 0.1) is 0 Å². The molecule has 0 aliphatic heterocycles. The van der Waals surface area contributed by atoms with Crippen LogP contribution >= 0.6 is 0 Å². The van der Waals surface area contributed by atoms with E-state index in [0.717, 1.165) is 40.3 Å². The third kappa shape index (κ3) is 2.37. The van der Waals surface area contributed by atoms with E-state index in [9.17, 15) is 5.11 Å². The van der Waals surface area contributed by atoms with Crippen LogP contribution in [0, 0.1) is 6.92 Å². The lowest BCUT2D eigenvalue weighted by atomic mass is 10.0. The molecule has 3 nitrogen and oxygen atoms in total. The summed E-state index contributed by atoms with van der Waals surface area (Å²) in [5, 5.41) is 12.7. The molecule has 1 aromatic carbocycles. The third-order valence-electron chi connectivity index (χ3n) is 4.44. The monoisotopic (exact) mass is 294 g/mol. The second kappa shape index (κ2) is 5.84. The summed E-state index contributed by atoms with van der Waals surface area (Å²) >= 11 is 0. The maximum Gasteiger partial charge on any atom is 0.199 e. The molecule has 0 bridgehead atoms. The summed E-state index contributed by atoms with van der Waals surface area (Å²) in [7, 11) is 0. The first-order valence-electron chi connectivity index (χ1n) is 7.90. The predicted molar refractivity (Wildman–Crippen MR) is 91.2 cm³/mol. The van der Waals surface area contributed by atoms with Crippen molar-refractivity contribution in [1.82, 2.24) is 9.55 Å². The highest BCUT2D eigenvalue weighted by atomic mass is 16.3. The molecule has 0 spiro atoms. The first-order valence-corrected chi connectivity index (χ1v) is 7.90. The van der Waals surface area contributed by atoms with Gasteiger partial charge < -0.3 is 9.67 Å². The molecular weight excluding hydrogens is 272 g/mol. The summed E-state index contributed by atoms with van der Waals surface area (Å²) in [5.74, 6) is 0.388. The van der Waals surface area contributed by atoms with Gasteiger partial charge in [-0.2, -0.15) is 0 Å². The van der Waals surface area contributed by atoms with Crippen molar-refractivity contribution >= 4 is 10.8 Å². The maximum atomic E-state index is 10.6. The van der Waals surface area contributed by atoms with Crippen molar-refractivity contribution in [3.05, 3.63) is 48.4 Å². The summed E-state index contributed by atoms with van der Waals surface area (Å²) in [6.45, 7) is 6.37. The zero-order valence-corrected chi connectivity index (χ0v) is 13.4. The molecule has 3 heteroatoms. The van der Waals surface area contributed by atoms with Crippen LogP contribution in [0.3, 0.4) is 0 Å². The molecule has 3 rings (SSSR count). The van der Waals surface area contributed by atoms with E-state index in [1.54, 1.807) is 6.20 Å². The fourth-order valence-corrected chi connectivity index (χ4v) is 3.22. The van der Waals surface area contributed by atoms with Crippen molar-refractivity contribution < 1.29 is 5.11 Å². The number of hydrogen-bond donors (Lipinski definition) is 1. The first-order chi connectivity index (χ1) is 10.7. The normalized spacial score (nSPS) is 11.5. The van der Waals surface area contributed by atoms with Gasteiger partial charge in [0.1, 0.15) is 0 Å². The number of fused-ring (bicyclic) bond motifs is 1. The average molecular weight is 294 g/mol. The van der Waals surface area contributed by atoms with E-state index in [1.165, 1.54) is 0 Å². The summed E-state index contributed by atoms with van der Waals surface area (Å²) in [6.07, 6.45) is 7.76. The molecule has 2 aromatic heterocycles. The molecule has 2 heterocycles. The van der Waals surface area contributed by atoms with Crippen LogP contribution in [0.1, 0.15) is 38.3 Å². The smallest absolute Gasteiger partial charge is 0.199 e. The number of aryl methyl sites for hydroxylation is 1. The molecule has 0 aliphatic carbocycles. The van der Waals surface area contributed by atoms with Gasteiger partial charge in [0.2, 0.25) is 0 Å². The molecule has 0 atom stereocenters. The Morgan fingerprint density at radius 3 is 2.59 bits per heavy atom. The Morgan fingerprint density at radius 1 is 1.18 bits per heavy atom. The molecule has 3 aromatic rings. The third-order valence-corrected chi connectivity index (χ3v) is 4.44. The van der Waals surface area contributed by atoms with Crippen LogP contribution < -0.4 is 0 Å². The molecule has 0 fully saturated rings. The molecular formula is C19H22N2O. The van der Waals surface area contributed by atoms with Crippen LogP contribution in [0.5, 0.6) is 5.88 Å². The van der Waals surface area contributed by atoms with Crippen LogP contribution in [-0.4, -0.2) is 14.7 Å². The first kappa shape index (κ1) is 14.6. The van der Waals surface area contributed by atoms with Crippen LogP contribution in [0.15, 0.2) is 42.9 Å². The number of rotatable bonds is 4. The Labute approximate surface area is 131 Å². The van der Waals surface area contributed by atoms with Crippen molar-refractivity contribution in [2.75, 3.05) is 0 Å². The van der Waals surface area contributed by atoms with Crippen molar-refractivity contribution in [2.24, 2.45) is 0 Å². The van der Waals surface area contributed by atoms with Gasteiger partial charge in [-0.1, -0.05) is 26.0 Å². The topological polar surface area (TPSA) is 38.0 Å². The van der Waals surface area contributed by atoms with Crippen LogP contribution in [0.25, 0.3) is 21.9 Å². The van der Waals surface area contributed by atoms with Gasteiger partial charge in [-0.05, 0) is 43.0 Å². The lowest BCUT2D eigenvalue weighted by molar-refractivity contribution is 0.372. The number of benzene rings is 1. The average Bonchev–Trinajstić information content (AvgIpc) is 2.87. The quantitative estimate of drug-likeness (QED) is 0.728. The Balaban J connectivity index is 2.19. The Hall–Kier alpha value is -2.29. The Morgan fingerprint density at radius 2 is 1.95 bits per heavy atom. The molecule has 0 radical (unpaired) electrons. The van der Waals surface area contributed by atoms with E-state index < -0.39 is 0 Å². The van der Waals surface area contributed by atoms with Crippen LogP contribution in [0.2, 0.25) is 0 Å². The molecule has 0 saturated heterocycles. The van der Waals surface area contributed by atoms with Gasteiger partial charge in [0, 0.05) is 41.0 Å². The van der Waals surface area contributed by atoms with E-state index >= 15 is 0 Å². The van der Waals surface area contributed by atoms with Crippen LogP contribution in [-0.2, 0) is 0 Å². The highest BCUT2D eigenvalue weighted by Gasteiger charge is 2.16. The second-order valence-electron chi connectivity index (χ2n) is 5.83. The Kier molecular flexibility index (Phi) is 3.88. The number of aromatic hydroxyl groups is 1. The SMILES string of the molecule is CCC(CC)n1cc2cc(-c3cccnc3)cc(C)c2c1O. The van der Waals surface area contributed by atoms with Gasteiger partial charge in [-0.15, -0.1) is 0 Å². The van der Waals surface area contributed by atoms with E-state index in [1.807, 2.05) is 16.8 Å². The fraction of sp³-hybridized carbons (Fsp3) is 0.316. The molecule has 0 aliphatic rings. The predicted octanol–water partition coefficient (Wildman–Crippen LogP) is 5.08. The van der Waals surface area contributed by atoms with E-state index in [4.69, 9.17) is 0 Å². The van der Waals surface area contributed by atoms with Crippen molar-refractivity contribution in [3.8, 4) is 17.0 Å². The van der Waals surface area contributed by atoms with Crippen molar-refractivity contribution in [1.29, 1.82) is 0 Å².